The Labute approximate surface area is 242 Å². The highest BCUT2D eigenvalue weighted by atomic mass is 35.5. The number of nitrogens with one attached hydrogen (secondary N) is 2. The van der Waals surface area contributed by atoms with Crippen molar-refractivity contribution in [2.24, 2.45) is 7.05 Å². The maximum absolute atomic E-state index is 13.7. The Morgan fingerprint density at radius 1 is 1.10 bits per heavy atom. The molecule has 0 radical (unpaired) electrons. The Morgan fingerprint density at radius 3 is 2.38 bits per heavy atom. The summed E-state index contributed by atoms with van der Waals surface area (Å²) >= 11 is 11.1. The SMILES string of the molecule is CCCC[S@+]([O-])N[C@@H](C)c1cc(=O)n(C)cc1-c1cc(NS(=O)(=O)CC)c(Cl)cc1C(=O)c1ccc(Cl)cc1. The minimum Gasteiger partial charge on any atom is -0.598 e. The average molecular weight is 613 g/mol. The van der Waals surface area contributed by atoms with Crippen LogP contribution in [0, 0.1) is 0 Å². The fraction of sp³-hybridized carbons (Fsp3) is 0.333. The molecule has 3 aromatic rings. The van der Waals surface area contributed by atoms with Crippen LogP contribution in [0.5, 0.6) is 0 Å². The summed E-state index contributed by atoms with van der Waals surface area (Å²) in [6.45, 7) is 5.27. The number of nitrogens with zero attached hydrogens (tertiary/aromatic N) is 1. The van der Waals surface area contributed by atoms with Crippen LogP contribution in [0.2, 0.25) is 10.0 Å². The molecule has 2 atom stereocenters. The highest BCUT2D eigenvalue weighted by Gasteiger charge is 2.25. The van der Waals surface area contributed by atoms with Crippen LogP contribution in [0.4, 0.5) is 5.69 Å². The molecule has 0 fully saturated rings. The van der Waals surface area contributed by atoms with E-state index < -0.39 is 27.4 Å². The van der Waals surface area contributed by atoms with Gasteiger partial charge < -0.3 is 9.12 Å². The Bertz CT molecular complexity index is 1510. The van der Waals surface area contributed by atoms with Crippen molar-refractivity contribution in [3.05, 3.63) is 85.8 Å². The molecule has 0 saturated carbocycles. The van der Waals surface area contributed by atoms with Gasteiger partial charge in [-0.1, -0.05) is 36.5 Å². The van der Waals surface area contributed by atoms with E-state index in [1.165, 1.54) is 29.7 Å². The van der Waals surface area contributed by atoms with Gasteiger partial charge in [0.15, 0.2) is 5.78 Å². The molecule has 39 heavy (non-hydrogen) atoms. The van der Waals surface area contributed by atoms with E-state index in [0.29, 0.717) is 33.0 Å². The minimum absolute atomic E-state index is 0.0336. The van der Waals surface area contributed by atoms with Gasteiger partial charge in [-0.25, -0.2) is 8.42 Å². The van der Waals surface area contributed by atoms with Crippen molar-refractivity contribution < 1.29 is 17.8 Å². The van der Waals surface area contributed by atoms with Gasteiger partial charge in [0.05, 0.1) is 22.5 Å². The number of pyridine rings is 1. The van der Waals surface area contributed by atoms with Crippen molar-refractivity contribution in [2.45, 2.75) is 39.7 Å². The molecule has 2 aromatic carbocycles. The third-order valence-corrected chi connectivity index (χ3v) is 9.24. The van der Waals surface area contributed by atoms with E-state index in [2.05, 4.69) is 9.44 Å². The lowest BCUT2D eigenvalue weighted by Gasteiger charge is -2.22. The second-order valence-corrected chi connectivity index (χ2v) is 13.2. The van der Waals surface area contributed by atoms with Crippen LogP contribution in [-0.2, 0) is 28.4 Å². The number of sulfonamides is 1. The molecule has 1 heterocycles. The van der Waals surface area contributed by atoms with E-state index in [9.17, 15) is 22.6 Å². The van der Waals surface area contributed by atoms with E-state index in [1.807, 2.05) is 6.92 Å². The number of ketones is 1. The van der Waals surface area contributed by atoms with Gasteiger partial charge in [-0.05, 0) is 67.8 Å². The largest absolute Gasteiger partial charge is 0.598 e. The first-order valence-electron chi connectivity index (χ1n) is 12.4. The molecule has 12 heteroatoms. The lowest BCUT2D eigenvalue weighted by Crippen LogP contribution is -2.31. The summed E-state index contributed by atoms with van der Waals surface area (Å²) in [7, 11) is -2.12. The van der Waals surface area contributed by atoms with Crippen LogP contribution in [0.3, 0.4) is 0 Å². The van der Waals surface area contributed by atoms with Crippen LogP contribution in [0.25, 0.3) is 11.1 Å². The zero-order valence-corrected chi connectivity index (χ0v) is 25.2. The number of unbranched alkanes of at least 4 members (excludes halogenated alkanes) is 1. The van der Waals surface area contributed by atoms with Crippen LogP contribution < -0.4 is 15.0 Å². The highest BCUT2D eigenvalue weighted by Crippen LogP contribution is 2.37. The number of hydrogen-bond acceptors (Lipinski definition) is 6. The third kappa shape index (κ3) is 7.87. The number of hydrogen-bond donors (Lipinski definition) is 2. The zero-order chi connectivity index (χ0) is 28.9. The molecule has 8 nitrogen and oxygen atoms in total. The molecule has 3 rings (SSSR count). The van der Waals surface area contributed by atoms with Gasteiger partial charge in [-0.15, -0.1) is 4.72 Å². The van der Waals surface area contributed by atoms with E-state index >= 15 is 0 Å². The fourth-order valence-corrected chi connectivity index (χ4v) is 6.11. The molecule has 0 spiro atoms. The van der Waals surface area contributed by atoms with Crippen molar-refractivity contribution in [2.75, 3.05) is 16.2 Å². The molecule has 210 valence electrons. The number of rotatable bonds is 12. The Balaban J connectivity index is 2.26. The number of aryl methyl sites for hydroxylation is 1. The second kappa shape index (κ2) is 13.3. The lowest BCUT2D eigenvalue weighted by molar-refractivity contribution is 0.103. The number of halogens is 2. The van der Waals surface area contributed by atoms with Crippen LogP contribution in [0.15, 0.2) is 53.5 Å². The van der Waals surface area contributed by atoms with Gasteiger partial charge in [-0.2, -0.15) is 0 Å². The number of carbonyl (C=O) groups is 1. The molecular weight excluding hydrogens is 581 g/mol. The summed E-state index contributed by atoms with van der Waals surface area (Å²) in [6.07, 6.45) is 3.23. The van der Waals surface area contributed by atoms with Crippen molar-refractivity contribution >= 4 is 56.1 Å². The maximum Gasteiger partial charge on any atom is 0.250 e. The smallest absolute Gasteiger partial charge is 0.250 e. The predicted octanol–water partition coefficient (Wildman–Crippen LogP) is 5.47. The molecule has 0 aliphatic heterocycles. The van der Waals surface area contributed by atoms with Crippen molar-refractivity contribution in [1.82, 2.24) is 9.29 Å². The van der Waals surface area contributed by atoms with Crippen molar-refractivity contribution in [1.29, 1.82) is 0 Å². The summed E-state index contributed by atoms with van der Waals surface area (Å²) < 4.78 is 44.3. The molecular formula is C27H31Cl2N3O5S2. The first-order valence-corrected chi connectivity index (χ1v) is 16.1. The van der Waals surface area contributed by atoms with Gasteiger partial charge in [0.2, 0.25) is 10.0 Å². The topological polar surface area (TPSA) is 120 Å². The fourth-order valence-electron chi connectivity index (χ4n) is 3.88. The lowest BCUT2D eigenvalue weighted by atomic mass is 9.90. The van der Waals surface area contributed by atoms with Gasteiger partial charge in [0.1, 0.15) is 5.75 Å². The number of anilines is 1. The number of benzene rings is 2. The number of aromatic nitrogens is 1. The predicted molar refractivity (Wildman–Crippen MR) is 160 cm³/mol. The standard InChI is InChI=1S/C27H31Cl2N3O5S2/c1-5-7-12-38(35)30-17(3)20-15-26(33)32(4)16-23(20)21-14-25(31-39(36,37)6-2)24(29)13-22(21)27(34)18-8-10-19(28)11-9-18/h8-11,13-17,30-31H,5-7,12H2,1-4H3/t17-,38-/m0/s1. The summed E-state index contributed by atoms with van der Waals surface area (Å²) in [5.74, 6) is -0.106. The second-order valence-electron chi connectivity index (χ2n) is 9.05. The average Bonchev–Trinajstić information content (AvgIpc) is 2.89. The van der Waals surface area contributed by atoms with Gasteiger partial charge in [0.25, 0.3) is 5.56 Å². The molecule has 0 saturated heterocycles. The quantitative estimate of drug-likeness (QED) is 0.207. The maximum atomic E-state index is 13.7. The first-order chi connectivity index (χ1) is 18.4. The van der Waals surface area contributed by atoms with Gasteiger partial charge >= 0.3 is 0 Å². The molecule has 0 bridgehead atoms. The molecule has 2 N–H and O–H groups in total. The van der Waals surface area contributed by atoms with Crippen molar-refractivity contribution in [3.63, 3.8) is 0 Å². The van der Waals surface area contributed by atoms with Crippen LogP contribution >= 0.6 is 23.2 Å². The third-order valence-electron chi connectivity index (χ3n) is 6.11. The Kier molecular flexibility index (Phi) is 10.7. The summed E-state index contributed by atoms with van der Waals surface area (Å²) in [6, 6.07) is 10.1. The Morgan fingerprint density at radius 2 is 1.77 bits per heavy atom. The molecule has 1 aromatic heterocycles. The molecule has 0 aliphatic carbocycles. The normalized spacial score (nSPS) is 13.2. The van der Waals surface area contributed by atoms with Gasteiger partial charge in [0, 0.05) is 52.4 Å². The first kappa shape index (κ1) is 31.2. The van der Waals surface area contributed by atoms with E-state index in [4.69, 9.17) is 23.2 Å². The minimum atomic E-state index is -3.69. The monoisotopic (exact) mass is 611 g/mol. The summed E-state index contributed by atoms with van der Waals surface area (Å²) in [5, 5.41) is 0.497. The van der Waals surface area contributed by atoms with Crippen LogP contribution in [-0.4, -0.2) is 34.8 Å². The van der Waals surface area contributed by atoms with Crippen molar-refractivity contribution in [3.8, 4) is 11.1 Å². The summed E-state index contributed by atoms with van der Waals surface area (Å²) in [4.78, 5) is 26.4. The number of carbonyl (C=O) groups excluding carboxylic acids is 1. The van der Waals surface area contributed by atoms with E-state index in [1.54, 1.807) is 44.4 Å². The zero-order valence-electron chi connectivity index (χ0n) is 22.1. The molecule has 0 unspecified atom stereocenters. The van der Waals surface area contributed by atoms with E-state index in [0.717, 1.165) is 12.8 Å². The van der Waals surface area contributed by atoms with E-state index in [-0.39, 0.29) is 33.4 Å². The summed E-state index contributed by atoms with van der Waals surface area (Å²) in [5.41, 5.74) is 1.67. The molecule has 0 aliphatic rings. The van der Waals surface area contributed by atoms with Gasteiger partial charge in [-0.3, -0.25) is 14.3 Å². The van der Waals surface area contributed by atoms with Crippen LogP contribution in [0.1, 0.15) is 61.1 Å². The Hall–Kier alpha value is -2.34. The highest BCUT2D eigenvalue weighted by molar-refractivity contribution is 7.92. The molecule has 0 amide bonds.